The molecule has 3 aromatic rings. The minimum atomic E-state index is -0.231. The van der Waals surface area contributed by atoms with Crippen molar-refractivity contribution >= 4 is 23.5 Å². The predicted molar refractivity (Wildman–Crippen MR) is 190 cm³/mol. The Morgan fingerprint density at radius 3 is 2.60 bits per heavy atom. The summed E-state index contributed by atoms with van der Waals surface area (Å²) in [5.41, 5.74) is 10.9. The molecule has 4 rings (SSSR count). The molecule has 1 aliphatic heterocycles. The van der Waals surface area contributed by atoms with E-state index in [4.69, 9.17) is 10.5 Å². The van der Waals surface area contributed by atoms with E-state index in [-0.39, 0.29) is 23.7 Å². The number of allylic oxidation sites excluding steroid dienone is 1. The number of anilines is 1. The molecule has 2 aromatic carbocycles. The number of Topliss-reactive ketones (excluding diaryl/α,β-unsaturated/α-hetero) is 1. The normalized spacial score (nSPS) is 14.3. The van der Waals surface area contributed by atoms with Crippen LogP contribution in [0.4, 0.5) is 5.82 Å². The van der Waals surface area contributed by atoms with Gasteiger partial charge in [-0.3, -0.25) is 9.59 Å². The van der Waals surface area contributed by atoms with Crippen LogP contribution in [0.3, 0.4) is 0 Å². The fourth-order valence-corrected chi connectivity index (χ4v) is 6.68. The summed E-state index contributed by atoms with van der Waals surface area (Å²) in [6.07, 6.45) is 14.0. The van der Waals surface area contributed by atoms with Crippen LogP contribution >= 0.6 is 0 Å². The summed E-state index contributed by atoms with van der Waals surface area (Å²) < 4.78 is 5.36. The number of nitrogen functional groups attached to an aromatic ring is 1. The molecule has 2 heterocycles. The van der Waals surface area contributed by atoms with Gasteiger partial charge in [0.25, 0.3) is 0 Å². The fraction of sp³-hybridized carbons (Fsp3) is 0.462. The highest BCUT2D eigenvalue weighted by Gasteiger charge is 2.22. The van der Waals surface area contributed by atoms with Gasteiger partial charge in [0, 0.05) is 12.6 Å². The zero-order valence-electron chi connectivity index (χ0n) is 28.1. The Labute approximate surface area is 280 Å². The number of nitrogens with zero attached hydrogens (tertiary/aromatic N) is 1. The van der Waals surface area contributed by atoms with Crippen LogP contribution in [0.1, 0.15) is 79.2 Å². The van der Waals surface area contributed by atoms with Gasteiger partial charge in [-0.15, -0.1) is 0 Å². The van der Waals surface area contributed by atoms with E-state index >= 15 is 0 Å². The molecule has 1 aliphatic rings. The number of hydrogen-bond acceptors (Lipinski definition) is 8. The minimum absolute atomic E-state index is 0.0171. The van der Waals surface area contributed by atoms with Crippen LogP contribution in [0.25, 0.3) is 6.08 Å². The van der Waals surface area contributed by atoms with Crippen molar-refractivity contribution in [3.63, 3.8) is 0 Å². The second-order valence-electron chi connectivity index (χ2n) is 12.8. The standard InChI is InChI=1S/C39H52N4O4/c1-41-26-32(29-17-19-42-20-18-29)11-7-4-8-12-35(44)25-36(45)16-15-30-23-38(47-2)37(46)22-33(30)21-34-27-43-39(40)24-31(34)14-13-28-9-5-3-6-10-28/h3,5-6,9-10,15-16,22-24,27,29,32,41-42,46H,4,7-8,11-14,17-21,25-26H2,1-2H3,(H2,40,43). The van der Waals surface area contributed by atoms with E-state index in [0.717, 1.165) is 79.9 Å². The van der Waals surface area contributed by atoms with Gasteiger partial charge in [0.15, 0.2) is 17.3 Å². The fourth-order valence-electron chi connectivity index (χ4n) is 6.68. The number of carbonyl (C=O) groups is 2. The van der Waals surface area contributed by atoms with Crippen LogP contribution in [0.5, 0.6) is 11.5 Å². The number of carbonyl (C=O) groups excluding carboxylic acids is 2. The lowest BCUT2D eigenvalue weighted by Gasteiger charge is -2.30. The van der Waals surface area contributed by atoms with Crippen molar-refractivity contribution in [1.29, 1.82) is 0 Å². The van der Waals surface area contributed by atoms with Crippen LogP contribution in [0, 0.1) is 11.8 Å². The Hall–Kier alpha value is -4.01. The molecule has 5 N–H and O–H groups in total. The zero-order chi connectivity index (χ0) is 33.4. The van der Waals surface area contributed by atoms with Crippen molar-refractivity contribution in [3.05, 3.63) is 88.6 Å². The predicted octanol–water partition coefficient (Wildman–Crippen LogP) is 6.08. The highest BCUT2D eigenvalue weighted by atomic mass is 16.5. The summed E-state index contributed by atoms with van der Waals surface area (Å²) in [4.78, 5) is 29.8. The lowest BCUT2D eigenvalue weighted by molar-refractivity contribution is -0.124. The number of ketones is 2. The molecule has 47 heavy (non-hydrogen) atoms. The molecule has 1 aromatic heterocycles. The number of benzene rings is 2. The lowest BCUT2D eigenvalue weighted by atomic mass is 9.81. The van der Waals surface area contributed by atoms with E-state index in [1.807, 2.05) is 31.3 Å². The lowest BCUT2D eigenvalue weighted by Crippen LogP contribution is -2.35. The van der Waals surface area contributed by atoms with Gasteiger partial charge in [0.05, 0.1) is 13.5 Å². The third-order valence-corrected chi connectivity index (χ3v) is 9.32. The van der Waals surface area contributed by atoms with Crippen LogP contribution in [0.15, 0.2) is 60.8 Å². The van der Waals surface area contributed by atoms with E-state index in [9.17, 15) is 14.7 Å². The van der Waals surface area contributed by atoms with Crippen LogP contribution in [-0.2, 0) is 28.9 Å². The summed E-state index contributed by atoms with van der Waals surface area (Å²) in [7, 11) is 3.52. The molecule has 8 heteroatoms. The SMILES string of the molecule is CNCC(CCCCCC(=O)CC(=O)C=Cc1cc(OC)c(O)cc1Cc1cnc(N)cc1CCc1ccccc1)C1CCNCC1. The molecule has 1 fully saturated rings. The van der Waals surface area contributed by atoms with Gasteiger partial charge >= 0.3 is 0 Å². The number of nitrogens with two attached hydrogens (primary N) is 1. The van der Waals surface area contributed by atoms with Crippen LogP contribution in [-0.4, -0.2) is 55.4 Å². The average Bonchev–Trinajstić information content (AvgIpc) is 3.08. The van der Waals surface area contributed by atoms with Crippen LogP contribution < -0.4 is 21.1 Å². The second-order valence-corrected chi connectivity index (χ2v) is 12.8. The first-order valence-corrected chi connectivity index (χ1v) is 17.1. The molecule has 252 valence electrons. The van der Waals surface area contributed by atoms with Crippen molar-refractivity contribution < 1.29 is 19.4 Å². The number of phenolic OH excluding ortho intramolecular Hbond substituents is 1. The number of aryl methyl sites for hydroxylation is 2. The summed E-state index contributed by atoms with van der Waals surface area (Å²) in [6, 6.07) is 15.6. The number of phenols is 1. The summed E-state index contributed by atoms with van der Waals surface area (Å²) in [6.45, 7) is 3.27. The van der Waals surface area contributed by atoms with Gasteiger partial charge in [0.1, 0.15) is 11.6 Å². The van der Waals surface area contributed by atoms with Gasteiger partial charge in [-0.2, -0.15) is 0 Å². The summed E-state index contributed by atoms with van der Waals surface area (Å²) in [5.74, 6) is 1.99. The van der Waals surface area contributed by atoms with Gasteiger partial charge in [-0.05, 0) is 136 Å². The maximum Gasteiger partial charge on any atom is 0.163 e. The quantitative estimate of drug-likeness (QED) is 0.0706. The Morgan fingerprint density at radius 1 is 1.06 bits per heavy atom. The number of ether oxygens (including phenoxy) is 1. The molecule has 1 saturated heterocycles. The molecule has 8 nitrogen and oxygen atoms in total. The van der Waals surface area contributed by atoms with Crippen molar-refractivity contribution in [1.82, 2.24) is 15.6 Å². The smallest absolute Gasteiger partial charge is 0.163 e. The number of aromatic hydroxyl groups is 1. The van der Waals surface area contributed by atoms with E-state index < -0.39 is 0 Å². The van der Waals surface area contributed by atoms with Crippen molar-refractivity contribution in [2.24, 2.45) is 11.8 Å². The van der Waals surface area contributed by atoms with Gasteiger partial charge in [-0.25, -0.2) is 4.98 Å². The Morgan fingerprint density at radius 2 is 1.85 bits per heavy atom. The number of nitrogens with one attached hydrogen (secondary N) is 2. The number of rotatable bonds is 19. The molecular formula is C39H52N4O4. The largest absolute Gasteiger partial charge is 0.504 e. The molecule has 0 amide bonds. The number of hydrogen-bond donors (Lipinski definition) is 4. The molecule has 0 aliphatic carbocycles. The average molecular weight is 641 g/mol. The number of aromatic nitrogens is 1. The van der Waals surface area contributed by atoms with Gasteiger partial charge < -0.3 is 26.2 Å². The topological polar surface area (TPSA) is 127 Å². The van der Waals surface area contributed by atoms with Crippen molar-refractivity contribution in [2.75, 3.05) is 39.5 Å². The van der Waals surface area contributed by atoms with Gasteiger partial charge in [-0.1, -0.05) is 49.2 Å². The first kappa shape index (κ1) is 35.8. The summed E-state index contributed by atoms with van der Waals surface area (Å²) >= 11 is 0. The number of methoxy groups -OCH3 is 1. The molecule has 0 radical (unpaired) electrons. The Bertz CT molecular complexity index is 1470. The van der Waals surface area contributed by atoms with E-state index in [1.165, 1.54) is 38.0 Å². The molecule has 0 saturated carbocycles. The third kappa shape index (κ3) is 11.6. The Balaban J connectivity index is 1.33. The van der Waals surface area contributed by atoms with Crippen molar-refractivity contribution in [2.45, 2.75) is 70.6 Å². The maximum atomic E-state index is 12.8. The van der Waals surface area contributed by atoms with Gasteiger partial charge in [0.2, 0.25) is 0 Å². The first-order valence-electron chi connectivity index (χ1n) is 17.1. The number of unbranched alkanes of at least 4 members (excludes halogenated alkanes) is 2. The molecular weight excluding hydrogens is 588 g/mol. The first-order chi connectivity index (χ1) is 22.9. The highest BCUT2D eigenvalue weighted by molar-refractivity contribution is 6.06. The zero-order valence-corrected chi connectivity index (χ0v) is 28.1. The molecule has 0 spiro atoms. The summed E-state index contributed by atoms with van der Waals surface area (Å²) in [5, 5.41) is 17.4. The molecule has 1 unspecified atom stereocenters. The Kier molecular flexibility index (Phi) is 14.5. The number of piperidine rings is 1. The third-order valence-electron chi connectivity index (χ3n) is 9.32. The van der Waals surface area contributed by atoms with E-state index in [0.29, 0.717) is 30.3 Å². The second kappa shape index (κ2) is 19.0. The minimum Gasteiger partial charge on any atom is -0.504 e. The highest BCUT2D eigenvalue weighted by Crippen LogP contribution is 2.32. The number of pyridine rings is 1. The van der Waals surface area contributed by atoms with E-state index in [1.54, 1.807) is 24.4 Å². The maximum absolute atomic E-state index is 12.8. The van der Waals surface area contributed by atoms with Crippen LogP contribution in [0.2, 0.25) is 0 Å². The van der Waals surface area contributed by atoms with E-state index in [2.05, 4.69) is 27.8 Å². The molecule has 1 atom stereocenters. The molecule has 0 bridgehead atoms. The van der Waals surface area contributed by atoms with Crippen molar-refractivity contribution in [3.8, 4) is 11.5 Å². The monoisotopic (exact) mass is 640 g/mol.